The van der Waals surface area contributed by atoms with Crippen LogP contribution in [-0.4, -0.2) is 9.55 Å². The summed E-state index contributed by atoms with van der Waals surface area (Å²) in [5.74, 6) is 2.58. The van der Waals surface area contributed by atoms with Crippen molar-refractivity contribution in [1.29, 1.82) is 0 Å². The van der Waals surface area contributed by atoms with Crippen LogP contribution in [0.4, 0.5) is 5.82 Å². The summed E-state index contributed by atoms with van der Waals surface area (Å²) in [6, 6.07) is 5.90. The molecular weight excluding hydrogens is 282 g/mol. The van der Waals surface area contributed by atoms with Gasteiger partial charge in [-0.05, 0) is 43.9 Å². The van der Waals surface area contributed by atoms with Crippen molar-refractivity contribution in [2.24, 2.45) is 0 Å². The predicted octanol–water partition coefficient (Wildman–Crippen LogP) is 4.77. The number of hydrogen-bond acceptors (Lipinski definition) is 2. The van der Waals surface area contributed by atoms with Gasteiger partial charge >= 0.3 is 0 Å². The van der Waals surface area contributed by atoms with E-state index in [0.717, 1.165) is 47.0 Å². The SMILES string of the molecule is CCCCn1c(C2CC2)nc(-c2ccc(Cl)cc2C)c1N. The average Bonchev–Trinajstić information content (AvgIpc) is 3.23. The van der Waals surface area contributed by atoms with E-state index in [1.54, 1.807) is 0 Å². The van der Waals surface area contributed by atoms with E-state index in [4.69, 9.17) is 22.3 Å². The molecule has 0 saturated heterocycles. The lowest BCUT2D eigenvalue weighted by atomic mass is 10.1. The Labute approximate surface area is 131 Å². The monoisotopic (exact) mass is 303 g/mol. The van der Waals surface area contributed by atoms with Crippen molar-refractivity contribution in [1.82, 2.24) is 9.55 Å². The normalized spacial score (nSPS) is 14.6. The summed E-state index contributed by atoms with van der Waals surface area (Å²) in [7, 11) is 0. The molecule has 21 heavy (non-hydrogen) atoms. The highest BCUT2D eigenvalue weighted by Gasteiger charge is 2.31. The van der Waals surface area contributed by atoms with Gasteiger partial charge in [0, 0.05) is 23.0 Å². The van der Waals surface area contributed by atoms with Crippen LogP contribution in [-0.2, 0) is 6.54 Å². The van der Waals surface area contributed by atoms with Gasteiger partial charge in [0.05, 0.1) is 0 Å². The quantitative estimate of drug-likeness (QED) is 0.864. The first kappa shape index (κ1) is 14.5. The smallest absolute Gasteiger partial charge is 0.131 e. The summed E-state index contributed by atoms with van der Waals surface area (Å²) in [5.41, 5.74) is 9.55. The maximum absolute atomic E-state index is 6.42. The van der Waals surface area contributed by atoms with E-state index >= 15 is 0 Å². The molecule has 1 fully saturated rings. The van der Waals surface area contributed by atoms with E-state index in [1.165, 1.54) is 18.7 Å². The van der Waals surface area contributed by atoms with Crippen molar-refractivity contribution < 1.29 is 0 Å². The summed E-state index contributed by atoms with van der Waals surface area (Å²) in [6.45, 7) is 5.23. The molecular formula is C17H22ClN3. The lowest BCUT2D eigenvalue weighted by molar-refractivity contribution is 0.609. The Morgan fingerprint density at radius 1 is 1.38 bits per heavy atom. The minimum Gasteiger partial charge on any atom is -0.383 e. The molecule has 1 aliphatic rings. The van der Waals surface area contributed by atoms with Crippen LogP contribution < -0.4 is 5.73 Å². The van der Waals surface area contributed by atoms with Gasteiger partial charge in [-0.2, -0.15) is 0 Å². The molecule has 2 aromatic rings. The van der Waals surface area contributed by atoms with E-state index < -0.39 is 0 Å². The van der Waals surface area contributed by atoms with Crippen LogP contribution in [0.1, 0.15) is 49.9 Å². The summed E-state index contributed by atoms with van der Waals surface area (Å²) in [4.78, 5) is 4.88. The van der Waals surface area contributed by atoms with Crippen LogP contribution >= 0.6 is 11.6 Å². The molecule has 1 aromatic heterocycles. The number of hydrogen-bond donors (Lipinski definition) is 1. The van der Waals surface area contributed by atoms with Crippen molar-refractivity contribution in [3.63, 3.8) is 0 Å². The fourth-order valence-corrected chi connectivity index (χ4v) is 3.01. The Hall–Kier alpha value is -1.48. The minimum atomic E-state index is 0.602. The molecule has 0 spiro atoms. The van der Waals surface area contributed by atoms with Crippen LogP contribution in [0, 0.1) is 6.92 Å². The van der Waals surface area contributed by atoms with Gasteiger partial charge in [-0.25, -0.2) is 4.98 Å². The van der Waals surface area contributed by atoms with E-state index in [2.05, 4.69) is 18.4 Å². The summed E-state index contributed by atoms with van der Waals surface area (Å²) in [6.07, 6.45) is 4.78. The van der Waals surface area contributed by atoms with Gasteiger partial charge in [0.15, 0.2) is 0 Å². The van der Waals surface area contributed by atoms with Crippen LogP contribution in [0.2, 0.25) is 5.02 Å². The fraction of sp³-hybridized carbons (Fsp3) is 0.471. The second kappa shape index (κ2) is 5.72. The average molecular weight is 304 g/mol. The molecule has 0 amide bonds. The Morgan fingerprint density at radius 2 is 2.14 bits per heavy atom. The predicted molar refractivity (Wildman–Crippen MR) is 88.7 cm³/mol. The van der Waals surface area contributed by atoms with Crippen LogP contribution in [0.15, 0.2) is 18.2 Å². The third-order valence-electron chi connectivity index (χ3n) is 4.16. The summed E-state index contributed by atoms with van der Waals surface area (Å²) >= 11 is 6.05. The number of aryl methyl sites for hydroxylation is 1. The molecule has 0 unspecified atom stereocenters. The molecule has 112 valence electrons. The van der Waals surface area contributed by atoms with E-state index in [9.17, 15) is 0 Å². The Morgan fingerprint density at radius 3 is 2.76 bits per heavy atom. The van der Waals surface area contributed by atoms with E-state index in [0.29, 0.717) is 5.92 Å². The molecule has 1 saturated carbocycles. The van der Waals surface area contributed by atoms with Crippen molar-refractivity contribution in [3.05, 3.63) is 34.6 Å². The van der Waals surface area contributed by atoms with Gasteiger partial charge < -0.3 is 10.3 Å². The number of imidazole rings is 1. The van der Waals surface area contributed by atoms with Gasteiger partial charge in [0.2, 0.25) is 0 Å². The van der Waals surface area contributed by atoms with Crippen molar-refractivity contribution in [3.8, 4) is 11.3 Å². The second-order valence-corrected chi connectivity index (χ2v) is 6.38. The van der Waals surface area contributed by atoms with Gasteiger partial charge in [-0.1, -0.05) is 31.0 Å². The zero-order valence-electron chi connectivity index (χ0n) is 12.7. The Bertz CT molecular complexity index is 656. The van der Waals surface area contributed by atoms with Gasteiger partial charge in [0.1, 0.15) is 17.3 Å². The third kappa shape index (κ3) is 2.80. The maximum Gasteiger partial charge on any atom is 0.131 e. The summed E-state index contributed by atoms with van der Waals surface area (Å²) < 4.78 is 2.23. The van der Waals surface area contributed by atoms with Crippen molar-refractivity contribution >= 4 is 17.4 Å². The van der Waals surface area contributed by atoms with Gasteiger partial charge in [-0.3, -0.25) is 0 Å². The lowest BCUT2D eigenvalue weighted by Gasteiger charge is -2.09. The first-order chi connectivity index (χ1) is 10.1. The Balaban J connectivity index is 2.06. The van der Waals surface area contributed by atoms with E-state index in [1.807, 2.05) is 18.2 Å². The second-order valence-electron chi connectivity index (χ2n) is 5.94. The van der Waals surface area contributed by atoms with Crippen molar-refractivity contribution in [2.45, 2.75) is 52.0 Å². The van der Waals surface area contributed by atoms with Crippen molar-refractivity contribution in [2.75, 3.05) is 5.73 Å². The molecule has 0 aliphatic heterocycles. The number of nitrogens with two attached hydrogens (primary N) is 1. The first-order valence-electron chi connectivity index (χ1n) is 7.74. The van der Waals surface area contributed by atoms with Crippen LogP contribution in [0.25, 0.3) is 11.3 Å². The fourth-order valence-electron chi connectivity index (χ4n) is 2.78. The molecule has 3 rings (SSSR count). The molecule has 1 aliphatic carbocycles. The number of aromatic nitrogens is 2. The van der Waals surface area contributed by atoms with E-state index in [-0.39, 0.29) is 0 Å². The molecule has 2 N–H and O–H groups in total. The number of anilines is 1. The summed E-state index contributed by atoms with van der Waals surface area (Å²) in [5, 5.41) is 0.752. The molecule has 1 aromatic carbocycles. The lowest BCUT2D eigenvalue weighted by Crippen LogP contribution is -2.06. The van der Waals surface area contributed by atoms with Crippen LogP contribution in [0.3, 0.4) is 0 Å². The molecule has 4 heteroatoms. The zero-order chi connectivity index (χ0) is 15.0. The third-order valence-corrected chi connectivity index (χ3v) is 4.39. The van der Waals surface area contributed by atoms with Gasteiger partial charge in [0.25, 0.3) is 0 Å². The number of halogens is 1. The molecule has 0 radical (unpaired) electrons. The number of benzene rings is 1. The highest BCUT2D eigenvalue weighted by Crippen LogP contribution is 2.42. The highest BCUT2D eigenvalue weighted by atomic mass is 35.5. The molecule has 1 heterocycles. The number of nitrogen functional groups attached to an aromatic ring is 1. The number of rotatable bonds is 5. The topological polar surface area (TPSA) is 43.8 Å². The zero-order valence-corrected chi connectivity index (χ0v) is 13.5. The highest BCUT2D eigenvalue weighted by molar-refractivity contribution is 6.30. The number of unbranched alkanes of at least 4 members (excludes halogenated alkanes) is 1. The molecule has 0 bridgehead atoms. The Kier molecular flexibility index (Phi) is 3.94. The van der Waals surface area contributed by atoms with Gasteiger partial charge in [-0.15, -0.1) is 0 Å². The standard InChI is InChI=1S/C17H22ClN3/c1-3-4-9-21-16(19)15(20-17(21)12-5-6-12)14-8-7-13(18)10-11(14)2/h7-8,10,12H,3-6,9,19H2,1-2H3. The van der Waals surface area contributed by atoms with Crippen LogP contribution in [0.5, 0.6) is 0 Å². The largest absolute Gasteiger partial charge is 0.383 e. The minimum absolute atomic E-state index is 0.602. The first-order valence-corrected chi connectivity index (χ1v) is 8.12. The molecule has 0 atom stereocenters. The molecule has 3 nitrogen and oxygen atoms in total. The number of nitrogens with zero attached hydrogens (tertiary/aromatic N) is 2. The maximum atomic E-state index is 6.42.